The molecule has 1 amide bonds. The van der Waals surface area contributed by atoms with E-state index in [2.05, 4.69) is 20.5 Å². The Morgan fingerprint density at radius 2 is 1.93 bits per heavy atom. The van der Waals surface area contributed by atoms with E-state index in [1.54, 1.807) is 32.2 Å². The number of hydrogen-bond acceptors (Lipinski definition) is 9. The third-order valence-electron chi connectivity index (χ3n) is 8.08. The van der Waals surface area contributed by atoms with Crippen molar-refractivity contribution in [2.75, 3.05) is 49.3 Å². The number of piperidine rings is 1. The van der Waals surface area contributed by atoms with Gasteiger partial charge in [0, 0.05) is 51.2 Å². The average molecular weight is 566 g/mol. The number of amides is 1. The van der Waals surface area contributed by atoms with Crippen LogP contribution in [0.25, 0.3) is 10.9 Å². The molecular formula is C28H32ClN7O4. The number of aryl methyl sites for hydroxylation is 1. The first-order valence-corrected chi connectivity index (χ1v) is 13.9. The van der Waals surface area contributed by atoms with Gasteiger partial charge < -0.3 is 29.7 Å². The number of anilines is 4. The lowest BCUT2D eigenvalue weighted by atomic mass is 9.96. The smallest absolute Gasteiger partial charge is 0.346 e. The summed E-state index contributed by atoms with van der Waals surface area (Å²) in [6, 6.07) is 5.54. The molecule has 210 valence electrons. The number of fused-ring (bicyclic) bond motifs is 3. The van der Waals surface area contributed by atoms with Gasteiger partial charge in [-0.25, -0.2) is 9.78 Å². The van der Waals surface area contributed by atoms with Gasteiger partial charge in [0.15, 0.2) is 5.82 Å². The number of pyridine rings is 1. The fraction of sp³-hybridized carbons (Fsp3) is 0.464. The van der Waals surface area contributed by atoms with Crippen molar-refractivity contribution in [2.24, 2.45) is 18.9 Å². The molecule has 2 fully saturated rings. The number of carbonyl (C=O) groups excluding carboxylic acids is 2. The minimum Gasteiger partial charge on any atom is -0.460 e. The predicted octanol–water partition coefficient (Wildman–Crippen LogP) is 3.39. The van der Waals surface area contributed by atoms with Gasteiger partial charge in [0.25, 0.3) is 5.56 Å². The van der Waals surface area contributed by atoms with Gasteiger partial charge in [0.2, 0.25) is 11.9 Å². The lowest BCUT2D eigenvalue weighted by molar-refractivity contribution is -0.133. The Morgan fingerprint density at radius 1 is 1.18 bits per heavy atom. The molecule has 40 heavy (non-hydrogen) atoms. The second-order valence-electron chi connectivity index (χ2n) is 11.0. The first-order valence-electron chi connectivity index (χ1n) is 13.6. The molecule has 1 saturated carbocycles. The topological polar surface area (TPSA) is 122 Å². The molecule has 1 unspecified atom stereocenters. The maximum absolute atomic E-state index is 13.1. The molecule has 3 aromatic rings. The van der Waals surface area contributed by atoms with E-state index in [0.29, 0.717) is 52.7 Å². The number of halogens is 1. The van der Waals surface area contributed by atoms with Crippen LogP contribution in [0.3, 0.4) is 0 Å². The first kappa shape index (κ1) is 26.4. The van der Waals surface area contributed by atoms with E-state index in [1.165, 1.54) is 4.57 Å². The first-order chi connectivity index (χ1) is 19.2. The summed E-state index contributed by atoms with van der Waals surface area (Å²) >= 11 is 6.49. The lowest BCUT2D eigenvalue weighted by Gasteiger charge is -2.32. The minimum absolute atomic E-state index is 0.00485. The minimum atomic E-state index is -0.606. The van der Waals surface area contributed by atoms with Crippen LogP contribution in [0.2, 0.25) is 5.02 Å². The number of rotatable bonds is 5. The number of cyclic esters (lactones) is 1. The summed E-state index contributed by atoms with van der Waals surface area (Å²) in [4.78, 5) is 51.2. The number of nitrogens with zero attached hydrogens (tertiary/aromatic N) is 5. The Hall–Kier alpha value is -3.86. The molecule has 2 N–H and O–H groups in total. The third kappa shape index (κ3) is 4.83. The van der Waals surface area contributed by atoms with E-state index in [4.69, 9.17) is 21.3 Å². The fourth-order valence-electron chi connectivity index (χ4n) is 5.61. The second-order valence-corrected chi connectivity index (χ2v) is 11.4. The van der Waals surface area contributed by atoms with Crippen molar-refractivity contribution in [3.8, 4) is 0 Å². The molecule has 1 aliphatic carbocycles. The predicted molar refractivity (Wildman–Crippen MR) is 154 cm³/mol. The van der Waals surface area contributed by atoms with Crippen LogP contribution in [0.4, 0.5) is 23.1 Å². The van der Waals surface area contributed by atoms with Crippen LogP contribution in [0, 0.1) is 11.8 Å². The number of nitrogens with one attached hydrogen (secondary N) is 2. The fourth-order valence-corrected chi connectivity index (χ4v) is 5.75. The van der Waals surface area contributed by atoms with Crippen molar-refractivity contribution in [3.63, 3.8) is 0 Å². The van der Waals surface area contributed by atoms with E-state index >= 15 is 0 Å². The number of esters is 1. The number of ether oxygens (including phenoxy) is 1. The molecule has 4 heterocycles. The van der Waals surface area contributed by atoms with Gasteiger partial charge in [-0.15, -0.1) is 0 Å². The molecule has 3 aliphatic rings. The highest BCUT2D eigenvalue weighted by atomic mass is 35.5. The van der Waals surface area contributed by atoms with Crippen molar-refractivity contribution in [2.45, 2.75) is 31.7 Å². The summed E-state index contributed by atoms with van der Waals surface area (Å²) in [6.45, 7) is 1.58. The van der Waals surface area contributed by atoms with E-state index in [1.807, 2.05) is 18.2 Å². The maximum atomic E-state index is 13.1. The maximum Gasteiger partial charge on any atom is 0.346 e. The van der Waals surface area contributed by atoms with Crippen LogP contribution in [0.5, 0.6) is 0 Å². The zero-order valence-electron chi connectivity index (χ0n) is 22.7. The third-order valence-corrected chi connectivity index (χ3v) is 8.35. The average Bonchev–Trinajstić information content (AvgIpc) is 3.80. The molecule has 0 bridgehead atoms. The van der Waals surface area contributed by atoms with Gasteiger partial charge in [-0.2, -0.15) is 4.98 Å². The van der Waals surface area contributed by atoms with Crippen molar-refractivity contribution in [1.82, 2.24) is 19.4 Å². The molecule has 1 aromatic carbocycles. The Bertz CT molecular complexity index is 1560. The van der Waals surface area contributed by atoms with Crippen LogP contribution in [0.15, 0.2) is 29.2 Å². The SMILES string of the molecule is CN(C)C(=O)C1CCN(c2ncc(Cl)c(Nc3ccc4c(c3)c3c(c(=O)n4C)C(=O)OCC(C4CC4)N3)n2)CC1. The van der Waals surface area contributed by atoms with Crippen molar-refractivity contribution < 1.29 is 14.3 Å². The molecule has 2 aliphatic heterocycles. The van der Waals surface area contributed by atoms with E-state index in [0.717, 1.165) is 31.1 Å². The number of benzene rings is 1. The number of carbonyl (C=O) groups is 2. The molecule has 1 atom stereocenters. The van der Waals surface area contributed by atoms with Gasteiger partial charge in [0.05, 0.1) is 23.4 Å². The highest BCUT2D eigenvalue weighted by Crippen LogP contribution is 2.38. The quantitative estimate of drug-likeness (QED) is 0.448. The highest BCUT2D eigenvalue weighted by molar-refractivity contribution is 6.33. The molecule has 12 heteroatoms. The summed E-state index contributed by atoms with van der Waals surface area (Å²) < 4.78 is 6.95. The van der Waals surface area contributed by atoms with Gasteiger partial charge in [-0.1, -0.05) is 11.6 Å². The Labute approximate surface area is 236 Å². The summed E-state index contributed by atoms with van der Waals surface area (Å²) in [5.74, 6) is 0.949. The molecule has 2 aromatic heterocycles. The number of hydrogen-bond donors (Lipinski definition) is 2. The highest BCUT2D eigenvalue weighted by Gasteiger charge is 2.37. The van der Waals surface area contributed by atoms with Gasteiger partial charge in [0.1, 0.15) is 17.2 Å². The van der Waals surface area contributed by atoms with Crippen LogP contribution >= 0.6 is 11.6 Å². The van der Waals surface area contributed by atoms with Crippen molar-refractivity contribution in [3.05, 3.63) is 45.3 Å². The molecule has 1 saturated heterocycles. The normalized spacial score (nSPS) is 19.4. The molecule has 11 nitrogen and oxygen atoms in total. The largest absolute Gasteiger partial charge is 0.460 e. The summed E-state index contributed by atoms with van der Waals surface area (Å²) in [6.07, 6.45) is 5.17. The second kappa shape index (κ2) is 10.3. The van der Waals surface area contributed by atoms with Gasteiger partial charge in [-0.05, 0) is 49.8 Å². The lowest BCUT2D eigenvalue weighted by Crippen LogP contribution is -2.40. The van der Waals surface area contributed by atoms with Gasteiger partial charge in [-0.3, -0.25) is 9.59 Å². The Morgan fingerprint density at radius 3 is 2.62 bits per heavy atom. The van der Waals surface area contributed by atoms with Gasteiger partial charge >= 0.3 is 5.97 Å². The molecule has 0 spiro atoms. The van der Waals surface area contributed by atoms with Crippen molar-refractivity contribution in [1.29, 1.82) is 0 Å². The molecule has 6 rings (SSSR count). The van der Waals surface area contributed by atoms with Crippen LogP contribution in [-0.2, 0) is 16.6 Å². The van der Waals surface area contributed by atoms with Crippen LogP contribution < -0.4 is 21.1 Å². The van der Waals surface area contributed by atoms with Crippen LogP contribution in [-0.4, -0.2) is 71.1 Å². The number of aromatic nitrogens is 3. The summed E-state index contributed by atoms with van der Waals surface area (Å²) in [7, 11) is 5.22. The Balaban J connectivity index is 1.30. The zero-order chi connectivity index (χ0) is 28.1. The van der Waals surface area contributed by atoms with E-state index < -0.39 is 11.5 Å². The summed E-state index contributed by atoms with van der Waals surface area (Å²) in [5, 5.41) is 7.85. The molecular weight excluding hydrogens is 534 g/mol. The van der Waals surface area contributed by atoms with E-state index in [9.17, 15) is 14.4 Å². The van der Waals surface area contributed by atoms with Crippen LogP contribution in [0.1, 0.15) is 36.0 Å². The van der Waals surface area contributed by atoms with E-state index in [-0.39, 0.29) is 30.0 Å². The standard InChI is InChI=1S/C28H32ClN7O4/c1-34(2)25(37)16-8-10-36(11-9-16)28-30-13-19(29)24(33-28)31-17-6-7-21-18(12-17)23-22(26(38)35(21)3)27(39)40-14-20(32-23)15-4-5-15/h6-7,12-13,15-16,20,32H,4-5,8-11,14H2,1-3H3,(H,30,31,33). The zero-order valence-corrected chi connectivity index (χ0v) is 23.5. The molecule has 0 radical (unpaired) electrons. The monoisotopic (exact) mass is 565 g/mol. The van der Waals surface area contributed by atoms with Crippen molar-refractivity contribution >= 4 is 57.5 Å². The summed E-state index contributed by atoms with van der Waals surface area (Å²) in [5.41, 5.74) is 1.52. The Kier molecular flexibility index (Phi) is 6.77.